The number of hydrogen-bond acceptors (Lipinski definition) is 3. The summed E-state index contributed by atoms with van der Waals surface area (Å²) in [5, 5.41) is 9.18. The summed E-state index contributed by atoms with van der Waals surface area (Å²) < 4.78 is 13.7. The van der Waals surface area contributed by atoms with E-state index in [-0.39, 0.29) is 18.5 Å². The number of halogens is 1. The second-order valence-corrected chi connectivity index (χ2v) is 5.56. The minimum absolute atomic E-state index is 0.180. The summed E-state index contributed by atoms with van der Waals surface area (Å²) in [7, 11) is 0. The van der Waals surface area contributed by atoms with Crippen molar-refractivity contribution in [1.29, 1.82) is 0 Å². The molecule has 4 heteroatoms. The van der Waals surface area contributed by atoms with Crippen molar-refractivity contribution in [2.45, 2.75) is 32.7 Å². The molecule has 1 aliphatic heterocycles. The lowest BCUT2D eigenvalue weighted by Gasteiger charge is -2.35. The third-order valence-corrected chi connectivity index (χ3v) is 4.01. The van der Waals surface area contributed by atoms with Gasteiger partial charge >= 0.3 is 0 Å². The van der Waals surface area contributed by atoms with Gasteiger partial charge in [0, 0.05) is 31.4 Å². The van der Waals surface area contributed by atoms with E-state index >= 15 is 0 Å². The van der Waals surface area contributed by atoms with Gasteiger partial charge in [-0.25, -0.2) is 4.39 Å². The lowest BCUT2D eigenvalue weighted by atomic mass is 9.95. The van der Waals surface area contributed by atoms with E-state index in [1.165, 1.54) is 0 Å². The molecule has 1 aliphatic rings. The molecule has 0 saturated carbocycles. The van der Waals surface area contributed by atoms with Gasteiger partial charge in [-0.2, -0.15) is 0 Å². The molecule has 0 unspecified atom stereocenters. The predicted octanol–water partition coefficient (Wildman–Crippen LogP) is 2.36. The first-order chi connectivity index (χ1) is 9.02. The lowest BCUT2D eigenvalue weighted by Crippen LogP contribution is -2.35. The molecule has 0 bridgehead atoms. The van der Waals surface area contributed by atoms with Crippen molar-refractivity contribution in [3.8, 4) is 0 Å². The van der Waals surface area contributed by atoms with Crippen molar-refractivity contribution in [2.24, 2.45) is 11.7 Å². The molecule has 0 radical (unpaired) electrons. The number of hydrogen-bond donors (Lipinski definition) is 2. The number of nitrogens with zero attached hydrogens (tertiary/aromatic N) is 1. The van der Waals surface area contributed by atoms with Crippen LogP contribution in [-0.4, -0.2) is 24.8 Å². The summed E-state index contributed by atoms with van der Waals surface area (Å²) in [5.74, 6) is 0.206. The molecular weight excluding hydrogens is 243 g/mol. The van der Waals surface area contributed by atoms with Gasteiger partial charge in [-0.15, -0.1) is 0 Å². The molecular formula is C15H23FN2O. The number of piperidine rings is 1. The predicted molar refractivity (Wildman–Crippen MR) is 75.8 cm³/mol. The minimum Gasteiger partial charge on any atom is -0.396 e. The molecule has 1 saturated heterocycles. The molecule has 0 aliphatic carbocycles. The average molecular weight is 266 g/mol. The fourth-order valence-electron chi connectivity index (χ4n) is 2.68. The zero-order valence-electron chi connectivity index (χ0n) is 11.7. The Morgan fingerprint density at radius 3 is 2.58 bits per heavy atom. The van der Waals surface area contributed by atoms with E-state index in [0.29, 0.717) is 11.5 Å². The zero-order chi connectivity index (χ0) is 14.0. The van der Waals surface area contributed by atoms with E-state index in [2.05, 4.69) is 4.90 Å². The molecule has 0 aromatic heterocycles. The average Bonchev–Trinajstić information content (AvgIpc) is 2.41. The third kappa shape index (κ3) is 3.07. The third-order valence-electron chi connectivity index (χ3n) is 4.01. The van der Waals surface area contributed by atoms with Crippen molar-refractivity contribution >= 4 is 5.69 Å². The van der Waals surface area contributed by atoms with Crippen LogP contribution in [-0.2, 0) is 0 Å². The van der Waals surface area contributed by atoms with Crippen molar-refractivity contribution in [3.63, 3.8) is 0 Å². The Kier molecular flexibility index (Phi) is 4.42. The Bertz CT molecular complexity index is 440. The van der Waals surface area contributed by atoms with Crippen LogP contribution in [0.1, 0.15) is 36.9 Å². The Hall–Kier alpha value is -1.13. The molecule has 1 atom stereocenters. The minimum atomic E-state index is -0.193. The molecule has 3 N–H and O–H groups in total. The molecule has 0 amide bonds. The van der Waals surface area contributed by atoms with Crippen LogP contribution in [0.15, 0.2) is 12.1 Å². The molecule has 1 aromatic rings. The summed E-state index contributed by atoms with van der Waals surface area (Å²) in [6.07, 6.45) is 1.95. The fraction of sp³-hybridized carbons (Fsp3) is 0.600. The summed E-state index contributed by atoms with van der Waals surface area (Å²) in [6, 6.07) is 3.28. The van der Waals surface area contributed by atoms with E-state index in [1.54, 1.807) is 13.0 Å². The summed E-state index contributed by atoms with van der Waals surface area (Å²) in [5.41, 5.74) is 8.53. The van der Waals surface area contributed by atoms with Gasteiger partial charge in [0.15, 0.2) is 0 Å². The van der Waals surface area contributed by atoms with Crippen molar-refractivity contribution < 1.29 is 9.50 Å². The van der Waals surface area contributed by atoms with Crippen LogP contribution in [0.3, 0.4) is 0 Å². The first kappa shape index (κ1) is 14.3. The maximum atomic E-state index is 13.7. The highest BCUT2D eigenvalue weighted by atomic mass is 19.1. The number of nitrogens with two attached hydrogens (primary N) is 1. The quantitative estimate of drug-likeness (QED) is 0.883. The van der Waals surface area contributed by atoms with E-state index in [9.17, 15) is 9.50 Å². The summed E-state index contributed by atoms with van der Waals surface area (Å²) in [4.78, 5) is 2.26. The van der Waals surface area contributed by atoms with Crippen LogP contribution >= 0.6 is 0 Å². The molecule has 3 nitrogen and oxygen atoms in total. The Labute approximate surface area is 114 Å². The monoisotopic (exact) mass is 266 g/mol. The molecule has 106 valence electrons. The SMILES string of the molecule is Cc1cc(N2CCC(CO)CC2)c([C@@H](C)N)cc1F. The Morgan fingerprint density at radius 1 is 1.42 bits per heavy atom. The standard InChI is InChI=1S/C15H23FN2O/c1-10-7-15(13(11(2)17)8-14(10)16)18-5-3-12(9-19)4-6-18/h7-8,11-12,19H,3-6,9,17H2,1-2H3/t11-/m1/s1. The normalized spacial score (nSPS) is 18.7. The highest BCUT2D eigenvalue weighted by Gasteiger charge is 2.22. The maximum Gasteiger partial charge on any atom is 0.126 e. The molecule has 19 heavy (non-hydrogen) atoms. The molecule has 2 rings (SSSR count). The van der Waals surface area contributed by atoms with E-state index in [4.69, 9.17) is 5.73 Å². The van der Waals surface area contributed by atoms with Gasteiger partial charge < -0.3 is 15.7 Å². The van der Waals surface area contributed by atoms with Crippen LogP contribution in [0.5, 0.6) is 0 Å². The molecule has 1 fully saturated rings. The Morgan fingerprint density at radius 2 is 2.05 bits per heavy atom. The molecule has 1 heterocycles. The highest BCUT2D eigenvalue weighted by molar-refractivity contribution is 5.57. The van der Waals surface area contributed by atoms with Crippen LogP contribution < -0.4 is 10.6 Å². The van der Waals surface area contributed by atoms with Crippen molar-refractivity contribution in [1.82, 2.24) is 0 Å². The lowest BCUT2D eigenvalue weighted by molar-refractivity contribution is 0.203. The largest absolute Gasteiger partial charge is 0.396 e. The van der Waals surface area contributed by atoms with Gasteiger partial charge in [-0.05, 0) is 55.9 Å². The zero-order valence-corrected chi connectivity index (χ0v) is 11.7. The number of aliphatic hydroxyl groups is 1. The van der Waals surface area contributed by atoms with E-state index in [0.717, 1.165) is 37.2 Å². The van der Waals surface area contributed by atoms with Gasteiger partial charge in [-0.3, -0.25) is 0 Å². The van der Waals surface area contributed by atoms with Crippen molar-refractivity contribution in [2.75, 3.05) is 24.6 Å². The van der Waals surface area contributed by atoms with Gasteiger partial charge in [0.25, 0.3) is 0 Å². The van der Waals surface area contributed by atoms with Gasteiger partial charge in [0.05, 0.1) is 0 Å². The first-order valence-electron chi connectivity index (χ1n) is 6.94. The second-order valence-electron chi connectivity index (χ2n) is 5.56. The topological polar surface area (TPSA) is 49.5 Å². The number of rotatable bonds is 3. The van der Waals surface area contributed by atoms with Gasteiger partial charge in [-0.1, -0.05) is 0 Å². The number of anilines is 1. The van der Waals surface area contributed by atoms with Crippen LogP contribution in [0.2, 0.25) is 0 Å². The van der Waals surface area contributed by atoms with Gasteiger partial charge in [0.1, 0.15) is 5.82 Å². The fourth-order valence-corrected chi connectivity index (χ4v) is 2.68. The maximum absolute atomic E-state index is 13.7. The van der Waals surface area contributed by atoms with Crippen LogP contribution in [0, 0.1) is 18.7 Å². The second kappa shape index (κ2) is 5.88. The number of aliphatic hydroxyl groups excluding tert-OH is 1. The number of benzene rings is 1. The summed E-state index contributed by atoms with van der Waals surface area (Å²) >= 11 is 0. The van der Waals surface area contributed by atoms with E-state index in [1.807, 2.05) is 13.0 Å². The van der Waals surface area contributed by atoms with Crippen LogP contribution in [0.25, 0.3) is 0 Å². The number of aryl methyl sites for hydroxylation is 1. The van der Waals surface area contributed by atoms with Gasteiger partial charge in [0.2, 0.25) is 0 Å². The van der Waals surface area contributed by atoms with Crippen molar-refractivity contribution in [3.05, 3.63) is 29.1 Å². The molecule has 1 aromatic carbocycles. The Balaban J connectivity index is 2.26. The van der Waals surface area contributed by atoms with Crippen LogP contribution in [0.4, 0.5) is 10.1 Å². The highest BCUT2D eigenvalue weighted by Crippen LogP contribution is 2.31. The first-order valence-corrected chi connectivity index (χ1v) is 6.94. The van der Waals surface area contributed by atoms with E-state index < -0.39 is 0 Å². The smallest absolute Gasteiger partial charge is 0.126 e. The summed E-state index contributed by atoms with van der Waals surface area (Å²) in [6.45, 7) is 5.72. The molecule has 0 spiro atoms.